The summed E-state index contributed by atoms with van der Waals surface area (Å²) in [4.78, 5) is 0. The average molecular weight is 493 g/mol. The van der Waals surface area contributed by atoms with Crippen LogP contribution in [0.15, 0.2) is 83.4 Å². The van der Waals surface area contributed by atoms with Crippen molar-refractivity contribution in [2.75, 3.05) is 0 Å². The summed E-state index contributed by atoms with van der Waals surface area (Å²) >= 11 is 3.83. The molecule has 2 nitrogen and oxygen atoms in total. The Bertz CT molecular complexity index is 1540. The smallest absolute Gasteiger partial charge is 0.0541 e. The Morgan fingerprint density at radius 1 is 0.848 bits per heavy atom. The van der Waals surface area contributed by atoms with Crippen LogP contribution >= 0.6 is 15.9 Å². The number of para-hydroxylation sites is 2. The average Bonchev–Trinajstić information content (AvgIpc) is 3.31. The Morgan fingerprint density at radius 2 is 1.48 bits per heavy atom. The van der Waals surface area contributed by atoms with Crippen LogP contribution in [0.5, 0.6) is 0 Å². The summed E-state index contributed by atoms with van der Waals surface area (Å²) in [5, 5.41) is 2.56. The summed E-state index contributed by atoms with van der Waals surface area (Å²) in [6.07, 6.45) is 11.1. The highest BCUT2D eigenvalue weighted by Gasteiger charge is 2.21. The molecule has 0 saturated heterocycles. The van der Waals surface area contributed by atoms with Crippen molar-refractivity contribution < 1.29 is 0 Å². The van der Waals surface area contributed by atoms with Crippen molar-refractivity contribution in [3.8, 4) is 11.4 Å². The molecule has 0 amide bonds. The van der Waals surface area contributed by atoms with E-state index < -0.39 is 0 Å². The number of benzene rings is 3. The topological polar surface area (TPSA) is 9.86 Å². The third kappa shape index (κ3) is 3.14. The van der Waals surface area contributed by atoms with Gasteiger partial charge < -0.3 is 9.13 Å². The molecule has 162 valence electrons. The first-order chi connectivity index (χ1) is 16.2. The van der Waals surface area contributed by atoms with E-state index in [0.717, 1.165) is 23.0 Å². The number of halogens is 1. The van der Waals surface area contributed by atoms with Crippen LogP contribution in [0.1, 0.15) is 35.9 Å². The molecule has 0 atom stereocenters. The zero-order chi connectivity index (χ0) is 22.5. The Morgan fingerprint density at radius 3 is 2.15 bits per heavy atom. The molecule has 33 heavy (non-hydrogen) atoms. The van der Waals surface area contributed by atoms with Crippen molar-refractivity contribution in [3.05, 3.63) is 106 Å². The van der Waals surface area contributed by atoms with E-state index in [1.165, 1.54) is 50.0 Å². The van der Waals surface area contributed by atoms with Gasteiger partial charge in [-0.2, -0.15) is 0 Å². The number of fused-ring (bicyclic) bond motifs is 4. The van der Waals surface area contributed by atoms with Crippen LogP contribution in [0.25, 0.3) is 45.3 Å². The Hall–Kier alpha value is -3.30. The molecule has 2 aromatic heterocycles. The molecule has 0 bridgehead atoms. The lowest BCUT2D eigenvalue weighted by molar-refractivity contribution is 0.855. The van der Waals surface area contributed by atoms with E-state index in [2.05, 4.69) is 130 Å². The third-order valence-corrected chi connectivity index (χ3v) is 7.18. The molecule has 0 spiro atoms. The second kappa shape index (κ2) is 7.93. The molecule has 1 aliphatic carbocycles. The first kappa shape index (κ1) is 20.3. The number of hydrogen-bond donors (Lipinski definition) is 0. The second-order valence-electron chi connectivity index (χ2n) is 8.67. The van der Waals surface area contributed by atoms with E-state index in [-0.39, 0.29) is 0 Å². The quantitative estimate of drug-likeness (QED) is 0.238. The summed E-state index contributed by atoms with van der Waals surface area (Å²) in [7, 11) is 0. The molecule has 5 aromatic rings. The lowest BCUT2D eigenvalue weighted by atomic mass is 10.0. The highest BCUT2D eigenvalue weighted by atomic mass is 79.9. The monoisotopic (exact) mass is 492 g/mol. The Labute approximate surface area is 202 Å². The molecule has 0 unspecified atom stereocenters. The van der Waals surface area contributed by atoms with Gasteiger partial charge in [-0.15, -0.1) is 0 Å². The van der Waals surface area contributed by atoms with Crippen LogP contribution in [0, 0.1) is 6.92 Å². The Kier molecular flexibility index (Phi) is 4.88. The van der Waals surface area contributed by atoms with Gasteiger partial charge in [0.2, 0.25) is 0 Å². The molecule has 0 saturated carbocycles. The van der Waals surface area contributed by atoms with Crippen LogP contribution < -0.4 is 0 Å². The second-order valence-corrected chi connectivity index (χ2v) is 9.59. The van der Waals surface area contributed by atoms with Gasteiger partial charge >= 0.3 is 0 Å². The van der Waals surface area contributed by atoms with Crippen molar-refractivity contribution in [2.24, 2.45) is 0 Å². The number of allylic oxidation sites excluding steroid dienone is 2. The standard InChI is InChI=1S/C30H25BrN2/c1-3-10-24-20(2)32(28-14-7-4-11-25(24)28)22-17-21(31)18-23(19-22)33-29-15-8-5-12-26(29)27-13-6-9-16-30(27)33/h3-6,8-13,15-19H,7,14H2,1-2H3/b10-3-. The predicted molar refractivity (Wildman–Crippen MR) is 145 cm³/mol. The van der Waals surface area contributed by atoms with Gasteiger partial charge in [-0.1, -0.05) is 76.6 Å². The van der Waals surface area contributed by atoms with Crippen molar-refractivity contribution in [1.82, 2.24) is 9.13 Å². The fourth-order valence-electron chi connectivity index (χ4n) is 5.39. The summed E-state index contributed by atoms with van der Waals surface area (Å²) in [6, 6.07) is 24.1. The number of rotatable bonds is 3. The maximum atomic E-state index is 3.83. The minimum Gasteiger partial charge on any atom is -0.317 e. The number of nitrogens with zero attached hydrogens (tertiary/aromatic N) is 2. The fraction of sp³-hybridized carbons (Fsp3) is 0.133. The van der Waals surface area contributed by atoms with E-state index in [1.807, 2.05) is 0 Å². The zero-order valence-electron chi connectivity index (χ0n) is 18.8. The molecular weight excluding hydrogens is 468 g/mol. The van der Waals surface area contributed by atoms with Crippen molar-refractivity contribution in [1.29, 1.82) is 0 Å². The van der Waals surface area contributed by atoms with Crippen LogP contribution in [-0.4, -0.2) is 9.13 Å². The van der Waals surface area contributed by atoms with Crippen molar-refractivity contribution in [2.45, 2.75) is 26.7 Å². The molecule has 1 aliphatic rings. The van der Waals surface area contributed by atoms with Crippen molar-refractivity contribution >= 4 is 49.9 Å². The van der Waals surface area contributed by atoms with Gasteiger partial charge in [0.25, 0.3) is 0 Å². The van der Waals surface area contributed by atoms with E-state index in [4.69, 9.17) is 0 Å². The van der Waals surface area contributed by atoms with Crippen LogP contribution in [0.3, 0.4) is 0 Å². The molecule has 6 rings (SSSR count). The maximum Gasteiger partial charge on any atom is 0.0541 e. The van der Waals surface area contributed by atoms with Crippen LogP contribution in [-0.2, 0) is 6.42 Å². The molecular formula is C30H25BrN2. The van der Waals surface area contributed by atoms with Gasteiger partial charge in [0, 0.05) is 49.1 Å². The van der Waals surface area contributed by atoms with E-state index >= 15 is 0 Å². The first-order valence-corrected chi connectivity index (χ1v) is 12.3. The molecule has 2 heterocycles. The minimum absolute atomic E-state index is 1.06. The summed E-state index contributed by atoms with van der Waals surface area (Å²) in [5.41, 5.74) is 10.2. The number of aromatic nitrogens is 2. The SMILES string of the molecule is C/C=C\c1c2c(n(-c3cc(Br)cc(-n4c5ccccc5c5ccccc54)c3)c1C)CCC=C2. The van der Waals surface area contributed by atoms with E-state index in [0.29, 0.717) is 0 Å². The summed E-state index contributed by atoms with van der Waals surface area (Å²) in [5.74, 6) is 0. The van der Waals surface area contributed by atoms with Crippen molar-refractivity contribution in [3.63, 3.8) is 0 Å². The Balaban J connectivity index is 1.65. The molecule has 3 aromatic carbocycles. The predicted octanol–water partition coefficient (Wildman–Crippen LogP) is 8.64. The maximum absolute atomic E-state index is 3.83. The van der Waals surface area contributed by atoms with Crippen LogP contribution in [0.2, 0.25) is 0 Å². The van der Waals surface area contributed by atoms with Crippen LogP contribution in [0.4, 0.5) is 0 Å². The van der Waals surface area contributed by atoms with E-state index in [9.17, 15) is 0 Å². The highest BCUT2D eigenvalue weighted by molar-refractivity contribution is 9.10. The van der Waals surface area contributed by atoms with Gasteiger partial charge in [-0.05, 0) is 57.0 Å². The molecule has 3 heteroatoms. The largest absolute Gasteiger partial charge is 0.317 e. The minimum atomic E-state index is 1.06. The molecule has 0 fully saturated rings. The lowest BCUT2D eigenvalue weighted by Gasteiger charge is -2.17. The fourth-order valence-corrected chi connectivity index (χ4v) is 5.86. The van der Waals surface area contributed by atoms with E-state index in [1.54, 1.807) is 0 Å². The summed E-state index contributed by atoms with van der Waals surface area (Å²) < 4.78 is 5.92. The van der Waals surface area contributed by atoms with Gasteiger partial charge in [-0.25, -0.2) is 0 Å². The molecule has 0 radical (unpaired) electrons. The highest BCUT2D eigenvalue weighted by Crippen LogP contribution is 2.36. The molecule has 0 N–H and O–H groups in total. The van der Waals surface area contributed by atoms with Gasteiger partial charge in [0.05, 0.1) is 11.0 Å². The molecule has 0 aliphatic heterocycles. The summed E-state index contributed by atoms with van der Waals surface area (Å²) in [6.45, 7) is 4.33. The normalized spacial score (nSPS) is 13.4. The van der Waals surface area contributed by atoms with Gasteiger partial charge in [0.15, 0.2) is 0 Å². The third-order valence-electron chi connectivity index (χ3n) is 6.73. The lowest BCUT2D eigenvalue weighted by Crippen LogP contribution is -2.06. The number of hydrogen-bond acceptors (Lipinski definition) is 0. The van der Waals surface area contributed by atoms with Gasteiger partial charge in [0.1, 0.15) is 0 Å². The first-order valence-electron chi connectivity index (χ1n) is 11.5. The zero-order valence-corrected chi connectivity index (χ0v) is 20.4. The van der Waals surface area contributed by atoms with Gasteiger partial charge in [-0.3, -0.25) is 0 Å².